The maximum Gasteiger partial charge on any atom is 0.350 e. The lowest BCUT2D eigenvalue weighted by Crippen LogP contribution is -2.51. The zero-order chi connectivity index (χ0) is 24.4. The average molecular weight is 478 g/mol. The fourth-order valence-electron chi connectivity index (χ4n) is 9.08. The van der Waals surface area contributed by atoms with Crippen molar-refractivity contribution < 1.29 is 9.90 Å². The van der Waals surface area contributed by atoms with Crippen molar-refractivity contribution in [3.05, 3.63) is 47.1 Å². The van der Waals surface area contributed by atoms with E-state index in [2.05, 4.69) is 12.0 Å². The monoisotopic (exact) mass is 477 g/mol. The average Bonchev–Trinajstić information content (AvgIpc) is 3.38. The van der Waals surface area contributed by atoms with Crippen LogP contribution in [0.5, 0.6) is 0 Å². The van der Waals surface area contributed by atoms with E-state index in [-0.39, 0.29) is 29.4 Å². The van der Waals surface area contributed by atoms with Gasteiger partial charge in [-0.15, -0.1) is 0 Å². The minimum atomic E-state index is -0.478. The molecule has 2 aromatic rings. The van der Waals surface area contributed by atoms with Gasteiger partial charge >= 0.3 is 5.69 Å². The zero-order valence-corrected chi connectivity index (χ0v) is 21.1. The SMILES string of the molecule is C[C@@]1(O)CC[C@H]2[C@H](CC[C@@H]3[C@@H]2CC[C@]2(C)[C@@H](C(=O)Cn4cnn(-c5ccccc5)c4=O)CC[C@@H]32)C1. The highest BCUT2D eigenvalue weighted by Crippen LogP contribution is 2.64. The maximum absolute atomic E-state index is 13.6. The predicted octanol–water partition coefficient (Wildman–Crippen LogP) is 4.62. The number of carbonyl (C=O) groups is 1. The van der Waals surface area contributed by atoms with E-state index in [1.165, 1.54) is 41.3 Å². The normalized spacial score (nSPS) is 40.5. The fourth-order valence-corrected chi connectivity index (χ4v) is 9.08. The molecular formula is C29H39N3O3. The second-order valence-electron chi connectivity index (χ2n) is 12.6. The van der Waals surface area contributed by atoms with E-state index < -0.39 is 5.60 Å². The highest BCUT2D eigenvalue weighted by molar-refractivity contribution is 5.82. The summed E-state index contributed by atoms with van der Waals surface area (Å²) in [5.41, 5.74) is 0.0350. The van der Waals surface area contributed by atoms with Gasteiger partial charge < -0.3 is 5.11 Å². The van der Waals surface area contributed by atoms with Gasteiger partial charge in [-0.05, 0) is 112 Å². The van der Waals surface area contributed by atoms with Gasteiger partial charge in [0.25, 0.3) is 0 Å². The van der Waals surface area contributed by atoms with E-state index in [1.54, 1.807) is 0 Å². The molecule has 4 fully saturated rings. The molecule has 4 saturated carbocycles. The third kappa shape index (κ3) is 3.83. The lowest BCUT2D eigenvalue weighted by atomic mass is 9.49. The predicted molar refractivity (Wildman–Crippen MR) is 134 cm³/mol. The Labute approximate surface area is 207 Å². The lowest BCUT2D eigenvalue weighted by molar-refractivity contribution is -0.133. The van der Waals surface area contributed by atoms with Crippen molar-refractivity contribution >= 4 is 5.78 Å². The van der Waals surface area contributed by atoms with Crippen LogP contribution in [0.25, 0.3) is 5.69 Å². The largest absolute Gasteiger partial charge is 0.390 e. The Bertz CT molecular complexity index is 1150. The molecule has 0 unspecified atom stereocenters. The lowest BCUT2D eigenvalue weighted by Gasteiger charge is -2.56. The van der Waals surface area contributed by atoms with Crippen LogP contribution >= 0.6 is 0 Å². The molecule has 35 heavy (non-hydrogen) atoms. The van der Waals surface area contributed by atoms with Gasteiger partial charge in [-0.1, -0.05) is 25.1 Å². The number of ketones is 1. The Balaban J connectivity index is 1.17. The molecule has 8 atom stereocenters. The van der Waals surface area contributed by atoms with Gasteiger partial charge in [-0.3, -0.25) is 9.36 Å². The Morgan fingerprint density at radius 3 is 2.57 bits per heavy atom. The molecule has 0 radical (unpaired) electrons. The van der Waals surface area contributed by atoms with E-state index in [9.17, 15) is 14.7 Å². The molecule has 1 heterocycles. The molecule has 4 aliphatic rings. The van der Waals surface area contributed by atoms with E-state index in [1.807, 2.05) is 37.3 Å². The van der Waals surface area contributed by atoms with Crippen molar-refractivity contribution in [1.29, 1.82) is 0 Å². The highest BCUT2D eigenvalue weighted by atomic mass is 16.3. The number of carbonyl (C=O) groups excluding carboxylic acids is 1. The van der Waals surface area contributed by atoms with Crippen molar-refractivity contribution in [1.82, 2.24) is 14.3 Å². The second-order valence-corrected chi connectivity index (χ2v) is 12.6. The minimum absolute atomic E-state index is 0.0326. The van der Waals surface area contributed by atoms with Crippen LogP contribution in [-0.2, 0) is 11.3 Å². The van der Waals surface area contributed by atoms with Gasteiger partial charge in [0.05, 0.1) is 17.8 Å². The maximum atomic E-state index is 13.6. The zero-order valence-electron chi connectivity index (χ0n) is 21.1. The van der Waals surface area contributed by atoms with Gasteiger partial charge in [0, 0.05) is 5.92 Å². The number of rotatable bonds is 4. The third-order valence-corrected chi connectivity index (χ3v) is 10.7. The van der Waals surface area contributed by atoms with Crippen LogP contribution in [0, 0.1) is 40.9 Å². The van der Waals surface area contributed by atoms with Gasteiger partial charge in [-0.2, -0.15) is 9.78 Å². The molecule has 0 bridgehead atoms. The number of nitrogens with zero attached hydrogens (tertiary/aromatic N) is 3. The fraction of sp³-hybridized carbons (Fsp3) is 0.690. The first-order valence-electron chi connectivity index (χ1n) is 13.7. The first kappa shape index (κ1) is 23.2. The number of aromatic nitrogens is 3. The van der Waals surface area contributed by atoms with Crippen LogP contribution < -0.4 is 5.69 Å². The number of hydrogen-bond acceptors (Lipinski definition) is 4. The molecule has 0 amide bonds. The van der Waals surface area contributed by atoms with Crippen LogP contribution in [0.15, 0.2) is 41.5 Å². The van der Waals surface area contributed by atoms with Crippen LogP contribution in [0.3, 0.4) is 0 Å². The van der Waals surface area contributed by atoms with Crippen LogP contribution in [0.1, 0.15) is 71.6 Å². The molecule has 4 aliphatic carbocycles. The summed E-state index contributed by atoms with van der Waals surface area (Å²) in [7, 11) is 0. The van der Waals surface area contributed by atoms with Gasteiger partial charge in [0.2, 0.25) is 0 Å². The second kappa shape index (κ2) is 8.43. The third-order valence-electron chi connectivity index (χ3n) is 10.7. The number of benzene rings is 1. The quantitative estimate of drug-likeness (QED) is 0.697. The topological polar surface area (TPSA) is 77.1 Å². The van der Waals surface area contributed by atoms with E-state index in [0.29, 0.717) is 11.8 Å². The van der Waals surface area contributed by atoms with Crippen LogP contribution in [0.2, 0.25) is 0 Å². The molecule has 6 rings (SSSR count). The first-order valence-corrected chi connectivity index (χ1v) is 13.7. The Kier molecular flexibility index (Phi) is 5.59. The van der Waals surface area contributed by atoms with E-state index >= 15 is 0 Å². The summed E-state index contributed by atoms with van der Waals surface area (Å²) >= 11 is 0. The number of hydrogen-bond donors (Lipinski definition) is 1. The van der Waals surface area contributed by atoms with Gasteiger partial charge in [0.15, 0.2) is 5.78 Å². The summed E-state index contributed by atoms with van der Waals surface area (Å²) in [5.74, 6) is 3.77. The summed E-state index contributed by atoms with van der Waals surface area (Å²) in [6, 6.07) is 9.37. The number of aliphatic hydroxyl groups is 1. The van der Waals surface area contributed by atoms with E-state index in [4.69, 9.17) is 0 Å². The van der Waals surface area contributed by atoms with Gasteiger partial charge in [-0.25, -0.2) is 4.79 Å². The summed E-state index contributed by atoms with van der Waals surface area (Å²) in [4.78, 5) is 26.6. The number of fused-ring (bicyclic) bond motifs is 5. The van der Waals surface area contributed by atoms with Crippen molar-refractivity contribution in [2.45, 2.75) is 83.8 Å². The Hall–Kier alpha value is -2.21. The molecule has 1 N–H and O–H groups in total. The van der Waals surface area contributed by atoms with Crippen LogP contribution in [-0.4, -0.2) is 30.8 Å². The minimum Gasteiger partial charge on any atom is -0.390 e. The number of para-hydroxylation sites is 1. The standard InChI is InChI=1S/C29H39N3O3/c1-28(35)14-12-21-19(16-28)8-9-23-22(21)13-15-29(2)24(23)10-11-25(29)26(33)17-31-18-30-32(27(31)34)20-6-4-3-5-7-20/h3-7,18-19,21-25,35H,8-17H2,1-2H3/t19-,21+,22-,23-,24+,25-,28-,29+/m1/s1. The molecule has 1 aromatic heterocycles. The molecule has 188 valence electrons. The summed E-state index contributed by atoms with van der Waals surface area (Å²) < 4.78 is 2.86. The summed E-state index contributed by atoms with van der Waals surface area (Å²) in [6.45, 7) is 4.51. The van der Waals surface area contributed by atoms with Gasteiger partial charge in [0.1, 0.15) is 6.33 Å². The molecule has 0 spiro atoms. The van der Waals surface area contributed by atoms with E-state index in [0.717, 1.165) is 55.5 Å². The summed E-state index contributed by atoms with van der Waals surface area (Å²) in [5, 5.41) is 14.9. The molecule has 0 aliphatic heterocycles. The summed E-state index contributed by atoms with van der Waals surface area (Å²) in [6.07, 6.45) is 11.5. The van der Waals surface area contributed by atoms with Crippen molar-refractivity contribution in [2.75, 3.05) is 0 Å². The Morgan fingerprint density at radius 1 is 1.00 bits per heavy atom. The molecule has 0 saturated heterocycles. The van der Waals surface area contributed by atoms with Crippen LogP contribution in [0.4, 0.5) is 0 Å². The smallest absolute Gasteiger partial charge is 0.350 e. The van der Waals surface area contributed by atoms with Crippen molar-refractivity contribution in [3.8, 4) is 5.69 Å². The van der Waals surface area contributed by atoms with Crippen molar-refractivity contribution in [2.24, 2.45) is 40.9 Å². The Morgan fingerprint density at radius 2 is 1.77 bits per heavy atom. The first-order chi connectivity index (χ1) is 16.8. The molecule has 6 nitrogen and oxygen atoms in total. The number of Topliss-reactive ketones (excluding diaryl/α,β-unsaturated/α-hetero) is 1. The molecular weight excluding hydrogens is 438 g/mol. The molecule has 6 heteroatoms. The highest BCUT2D eigenvalue weighted by Gasteiger charge is 2.58. The van der Waals surface area contributed by atoms with Crippen molar-refractivity contribution in [3.63, 3.8) is 0 Å². The molecule has 1 aromatic carbocycles.